The maximum Gasteiger partial charge on any atom is 0.328 e. The first-order valence-electron chi connectivity index (χ1n) is 21.0. The Morgan fingerprint density at radius 2 is 1.67 bits per heavy atom. The van der Waals surface area contributed by atoms with Crippen molar-refractivity contribution in [1.29, 1.82) is 0 Å². The first-order chi connectivity index (χ1) is 29.0. The van der Waals surface area contributed by atoms with Crippen molar-refractivity contribution in [2.75, 3.05) is 61.0 Å². The number of piperazine rings is 1. The van der Waals surface area contributed by atoms with Crippen molar-refractivity contribution in [3.05, 3.63) is 77.2 Å². The van der Waals surface area contributed by atoms with E-state index in [4.69, 9.17) is 5.10 Å². The van der Waals surface area contributed by atoms with E-state index in [0.717, 1.165) is 85.6 Å². The average Bonchev–Trinajstić information content (AvgIpc) is 3.81. The molecule has 0 atom stereocenters. The second-order valence-electron chi connectivity index (χ2n) is 16.6. The number of imide groups is 1. The Labute approximate surface area is 347 Å². The van der Waals surface area contributed by atoms with Crippen LogP contribution in [0.15, 0.2) is 54.9 Å². The number of aryl methyl sites for hydroxylation is 1. The van der Waals surface area contributed by atoms with Gasteiger partial charge < -0.3 is 19.3 Å². The quantitative estimate of drug-likeness (QED) is 0.187. The van der Waals surface area contributed by atoms with Gasteiger partial charge in [0, 0.05) is 119 Å². The summed E-state index contributed by atoms with van der Waals surface area (Å²) in [6, 6.07) is 13.3. The number of rotatable bonds is 8. The van der Waals surface area contributed by atoms with Gasteiger partial charge in [0.25, 0.3) is 6.43 Å². The SMILES string of the molecule is CC(=O)N1CCc2c(c(N(C)c3ccc(-c4cn(C)c5ccnnc45)c(C(F)F)c3)nn2C2CCC(N3CCN(c4cccc(N5CCC(=O)NC5=O)c4C)CC3)CC2)C1. The van der Waals surface area contributed by atoms with Crippen LogP contribution in [0, 0.1) is 6.92 Å². The lowest BCUT2D eigenvalue weighted by Crippen LogP contribution is -2.51. The molecule has 0 unspecified atom stereocenters. The molecule has 5 aromatic rings. The van der Waals surface area contributed by atoms with Crippen LogP contribution < -0.4 is 20.0 Å². The highest BCUT2D eigenvalue weighted by molar-refractivity contribution is 6.06. The number of halogens is 2. The molecule has 3 aliphatic heterocycles. The Bertz CT molecular complexity index is 2470. The highest BCUT2D eigenvalue weighted by Gasteiger charge is 2.35. The Kier molecular flexibility index (Phi) is 10.5. The lowest BCUT2D eigenvalue weighted by atomic mass is 9.89. The van der Waals surface area contributed by atoms with Crippen LogP contribution >= 0.6 is 0 Å². The highest BCUT2D eigenvalue weighted by atomic mass is 19.3. The molecule has 2 aromatic carbocycles. The van der Waals surface area contributed by atoms with E-state index in [2.05, 4.69) is 43.0 Å². The number of hydrogen-bond donors (Lipinski definition) is 1. The van der Waals surface area contributed by atoms with Crippen LogP contribution in [0.4, 0.5) is 36.5 Å². The van der Waals surface area contributed by atoms with Gasteiger partial charge in [0.1, 0.15) is 5.52 Å². The standard InChI is InChI=1S/C44H51F2N11O3/c1-27-36(6-5-7-37(27)56-19-16-40(59)48-44(56)60)54-22-20-53(21-23-54)29-8-10-30(11-9-29)57-38-15-18-55(28(2)58)26-35(38)43(50-57)52(4)31-12-13-32(33(24-31)42(45)46)34-25-51(3)39-14-17-47-49-41(34)39/h5-7,12-14,17,24-25,29-30,42H,8-11,15-16,18-23,26H2,1-4H3,(H,48,59,60). The number of urea groups is 1. The average molecular weight is 820 g/mol. The van der Waals surface area contributed by atoms with Gasteiger partial charge in [-0.05, 0) is 74.1 Å². The van der Waals surface area contributed by atoms with E-state index < -0.39 is 6.43 Å². The Balaban J connectivity index is 0.908. The van der Waals surface area contributed by atoms with Crippen molar-refractivity contribution in [3.8, 4) is 11.1 Å². The molecule has 14 nitrogen and oxygen atoms in total. The topological polar surface area (TPSA) is 128 Å². The van der Waals surface area contributed by atoms with Crippen molar-refractivity contribution in [2.24, 2.45) is 7.05 Å². The first-order valence-corrected chi connectivity index (χ1v) is 21.0. The zero-order chi connectivity index (χ0) is 41.8. The predicted octanol–water partition coefficient (Wildman–Crippen LogP) is 6.50. The number of carbonyl (C=O) groups excluding carboxylic acids is 3. The maximum atomic E-state index is 14.9. The number of hydrogen-bond acceptors (Lipinski definition) is 9. The second-order valence-corrected chi connectivity index (χ2v) is 16.6. The van der Waals surface area contributed by atoms with E-state index in [1.165, 1.54) is 0 Å². The Morgan fingerprint density at radius 3 is 2.40 bits per heavy atom. The van der Waals surface area contributed by atoms with E-state index in [1.54, 1.807) is 30.2 Å². The number of carbonyl (C=O) groups is 3. The highest BCUT2D eigenvalue weighted by Crippen LogP contribution is 2.42. The largest absolute Gasteiger partial charge is 0.369 e. The lowest BCUT2D eigenvalue weighted by molar-refractivity contribution is -0.129. The Morgan fingerprint density at radius 1 is 0.917 bits per heavy atom. The summed E-state index contributed by atoms with van der Waals surface area (Å²) >= 11 is 0. The molecule has 4 amide bonds. The van der Waals surface area contributed by atoms with Crippen LogP contribution in [0.5, 0.6) is 0 Å². The van der Waals surface area contributed by atoms with Crippen LogP contribution in [0.25, 0.3) is 22.2 Å². The molecule has 60 heavy (non-hydrogen) atoms. The van der Waals surface area contributed by atoms with Gasteiger partial charge in [0.05, 0.1) is 30.0 Å². The van der Waals surface area contributed by atoms with Crippen molar-refractivity contribution in [2.45, 2.75) is 77.4 Å². The van der Waals surface area contributed by atoms with Gasteiger partial charge in [-0.2, -0.15) is 10.2 Å². The third-order valence-corrected chi connectivity index (χ3v) is 13.2. The second kappa shape index (κ2) is 15.9. The summed E-state index contributed by atoms with van der Waals surface area (Å²) in [4.78, 5) is 47.4. The zero-order valence-electron chi connectivity index (χ0n) is 34.6. The fraction of sp³-hybridized carbons (Fsp3) is 0.455. The molecule has 0 bridgehead atoms. The van der Waals surface area contributed by atoms with E-state index in [1.807, 2.05) is 58.9 Å². The maximum absolute atomic E-state index is 14.9. The number of fused-ring (bicyclic) bond motifs is 2. The fourth-order valence-electron chi connectivity index (χ4n) is 9.94. The first kappa shape index (κ1) is 39.6. The number of alkyl halides is 2. The number of nitrogens with one attached hydrogen (secondary N) is 1. The van der Waals surface area contributed by atoms with Crippen molar-refractivity contribution in [3.63, 3.8) is 0 Å². The van der Waals surface area contributed by atoms with Gasteiger partial charge in [-0.15, -0.1) is 5.10 Å². The van der Waals surface area contributed by atoms with Gasteiger partial charge >= 0.3 is 6.03 Å². The van der Waals surface area contributed by atoms with Gasteiger partial charge in [-0.3, -0.25) is 29.4 Å². The van der Waals surface area contributed by atoms with Crippen molar-refractivity contribution < 1.29 is 23.2 Å². The van der Waals surface area contributed by atoms with Crippen molar-refractivity contribution >= 4 is 51.8 Å². The number of aromatic nitrogens is 5. The number of amides is 4. The van der Waals surface area contributed by atoms with Crippen LogP contribution in [-0.2, 0) is 29.6 Å². The molecule has 1 saturated carbocycles. The summed E-state index contributed by atoms with van der Waals surface area (Å²) in [5.41, 5.74) is 7.98. The fourth-order valence-corrected chi connectivity index (χ4v) is 9.94. The van der Waals surface area contributed by atoms with E-state index in [0.29, 0.717) is 66.7 Å². The molecular formula is C44H51F2N11O3. The molecule has 0 spiro atoms. The number of anilines is 4. The Hall–Kier alpha value is -5.90. The normalized spacial score (nSPS) is 20.2. The third-order valence-electron chi connectivity index (χ3n) is 13.2. The van der Waals surface area contributed by atoms with Crippen LogP contribution in [0.3, 0.4) is 0 Å². The van der Waals surface area contributed by atoms with E-state index >= 15 is 0 Å². The van der Waals surface area contributed by atoms with Crippen LogP contribution in [0.1, 0.15) is 73.9 Å². The van der Waals surface area contributed by atoms with Crippen LogP contribution in [0.2, 0.25) is 0 Å². The van der Waals surface area contributed by atoms with E-state index in [9.17, 15) is 23.2 Å². The number of nitrogens with zero attached hydrogens (tertiary/aromatic N) is 10. The minimum Gasteiger partial charge on any atom is -0.369 e. The molecule has 0 radical (unpaired) electrons. The molecule has 9 rings (SSSR count). The molecule has 3 aromatic heterocycles. The minimum atomic E-state index is -2.73. The van der Waals surface area contributed by atoms with Gasteiger partial charge in [0.15, 0.2) is 5.82 Å². The summed E-state index contributed by atoms with van der Waals surface area (Å²) in [5.74, 6) is 0.448. The van der Waals surface area contributed by atoms with Gasteiger partial charge in [-0.25, -0.2) is 13.6 Å². The molecule has 16 heteroatoms. The summed E-state index contributed by atoms with van der Waals surface area (Å²) in [6.07, 6.45) is 5.68. The molecule has 314 valence electrons. The molecular weight excluding hydrogens is 769 g/mol. The van der Waals surface area contributed by atoms with Crippen LogP contribution in [-0.4, -0.2) is 105 Å². The molecule has 6 heterocycles. The molecule has 2 saturated heterocycles. The predicted molar refractivity (Wildman–Crippen MR) is 226 cm³/mol. The van der Waals surface area contributed by atoms with Crippen molar-refractivity contribution in [1.82, 2.24) is 39.7 Å². The summed E-state index contributed by atoms with van der Waals surface area (Å²) < 4.78 is 33.8. The molecule has 4 aliphatic rings. The summed E-state index contributed by atoms with van der Waals surface area (Å²) in [6.45, 7) is 8.70. The minimum absolute atomic E-state index is 0.0000852. The molecule has 3 fully saturated rings. The molecule has 1 N–H and O–H groups in total. The smallest absolute Gasteiger partial charge is 0.328 e. The monoisotopic (exact) mass is 819 g/mol. The van der Waals surface area contributed by atoms with Gasteiger partial charge in [-0.1, -0.05) is 12.1 Å². The van der Waals surface area contributed by atoms with E-state index in [-0.39, 0.29) is 29.5 Å². The number of benzene rings is 2. The van der Waals surface area contributed by atoms with Gasteiger partial charge in [0.2, 0.25) is 11.8 Å². The lowest BCUT2D eigenvalue weighted by Gasteiger charge is -2.43. The molecule has 1 aliphatic carbocycles. The zero-order valence-corrected chi connectivity index (χ0v) is 34.6. The summed E-state index contributed by atoms with van der Waals surface area (Å²) in [5, 5.41) is 16.0. The third kappa shape index (κ3) is 7.13. The summed E-state index contributed by atoms with van der Waals surface area (Å²) in [7, 11) is 3.73.